The number of hydrogen-bond donors (Lipinski definition) is 1. The van der Waals surface area contributed by atoms with Gasteiger partial charge in [0.15, 0.2) is 17.5 Å². The van der Waals surface area contributed by atoms with E-state index in [4.69, 9.17) is 0 Å². The van der Waals surface area contributed by atoms with E-state index in [1.165, 1.54) is 0 Å². The molecule has 2 aromatic carbocycles. The maximum Gasteiger partial charge on any atom is 0.194 e. The molecule has 2 aromatic rings. The molecule has 1 unspecified atom stereocenters. The van der Waals surface area contributed by atoms with Crippen LogP contribution in [0.4, 0.5) is 18.9 Å². The summed E-state index contributed by atoms with van der Waals surface area (Å²) >= 11 is 1.64. The topological polar surface area (TPSA) is 12.0 Å². The van der Waals surface area contributed by atoms with Crippen molar-refractivity contribution in [2.24, 2.45) is 0 Å². The fraction of sp³-hybridized carbons (Fsp3) is 0.200. The Labute approximate surface area is 120 Å². The first-order valence-electron chi connectivity index (χ1n) is 6.06. The lowest BCUT2D eigenvalue weighted by atomic mass is 10.1. The van der Waals surface area contributed by atoms with Crippen LogP contribution >= 0.6 is 11.8 Å². The molecule has 1 nitrogen and oxygen atoms in total. The van der Waals surface area contributed by atoms with Gasteiger partial charge in [-0.1, -0.05) is 12.1 Å². The number of anilines is 1. The Morgan fingerprint density at radius 1 is 1.00 bits per heavy atom. The molecule has 2 rings (SSSR count). The first kappa shape index (κ1) is 14.8. The molecular weight excluding hydrogens is 283 g/mol. The zero-order chi connectivity index (χ0) is 14.7. The fourth-order valence-corrected chi connectivity index (χ4v) is 2.27. The maximum atomic E-state index is 13.1. The number of thioether (sulfide) groups is 1. The van der Waals surface area contributed by atoms with Crippen LogP contribution in [-0.4, -0.2) is 6.26 Å². The lowest BCUT2D eigenvalue weighted by Gasteiger charge is -2.16. The van der Waals surface area contributed by atoms with E-state index in [0.29, 0.717) is 0 Å². The van der Waals surface area contributed by atoms with Crippen LogP contribution in [0.2, 0.25) is 0 Å². The lowest BCUT2D eigenvalue weighted by Crippen LogP contribution is -2.07. The van der Waals surface area contributed by atoms with Gasteiger partial charge in [-0.05, 0) is 30.9 Å². The van der Waals surface area contributed by atoms with E-state index in [2.05, 4.69) is 5.32 Å². The quantitative estimate of drug-likeness (QED) is 0.629. The molecular formula is C15H14F3NS. The highest BCUT2D eigenvalue weighted by Crippen LogP contribution is 2.24. The van der Waals surface area contributed by atoms with Crippen molar-refractivity contribution < 1.29 is 13.2 Å². The molecule has 5 heteroatoms. The third kappa shape index (κ3) is 3.28. The van der Waals surface area contributed by atoms with E-state index >= 15 is 0 Å². The Morgan fingerprint density at radius 2 is 1.55 bits per heavy atom. The molecule has 0 bridgehead atoms. The molecule has 1 N–H and O–H groups in total. The molecule has 0 aliphatic rings. The highest BCUT2D eigenvalue weighted by molar-refractivity contribution is 7.98. The van der Waals surface area contributed by atoms with Crippen molar-refractivity contribution in [3.63, 3.8) is 0 Å². The Bertz CT molecular complexity index is 576. The van der Waals surface area contributed by atoms with Crippen molar-refractivity contribution in [2.45, 2.75) is 17.9 Å². The minimum atomic E-state index is -1.45. The summed E-state index contributed by atoms with van der Waals surface area (Å²) in [5.74, 6) is -3.85. The van der Waals surface area contributed by atoms with Crippen molar-refractivity contribution in [1.29, 1.82) is 0 Å². The Morgan fingerprint density at radius 3 is 2.05 bits per heavy atom. The second kappa shape index (κ2) is 6.22. The second-order valence-corrected chi connectivity index (χ2v) is 5.27. The molecule has 0 heterocycles. The van der Waals surface area contributed by atoms with Gasteiger partial charge in [0, 0.05) is 28.8 Å². The number of benzene rings is 2. The average molecular weight is 297 g/mol. The zero-order valence-corrected chi connectivity index (χ0v) is 11.9. The van der Waals surface area contributed by atoms with Crippen LogP contribution in [0.15, 0.2) is 41.3 Å². The summed E-state index contributed by atoms with van der Waals surface area (Å²) < 4.78 is 39.1. The van der Waals surface area contributed by atoms with Crippen molar-refractivity contribution in [2.75, 3.05) is 11.6 Å². The van der Waals surface area contributed by atoms with Crippen molar-refractivity contribution in [3.8, 4) is 0 Å². The molecule has 20 heavy (non-hydrogen) atoms. The Balaban J connectivity index is 2.16. The van der Waals surface area contributed by atoms with E-state index in [1.807, 2.05) is 37.4 Å². The summed E-state index contributed by atoms with van der Waals surface area (Å²) in [5, 5.41) is 2.95. The third-order valence-corrected chi connectivity index (χ3v) is 3.73. The monoisotopic (exact) mass is 297 g/mol. The summed E-state index contributed by atoms with van der Waals surface area (Å²) in [5.41, 5.74) is 1.19. The van der Waals surface area contributed by atoms with Crippen LogP contribution in [-0.2, 0) is 0 Å². The molecule has 0 amide bonds. The number of hydrogen-bond acceptors (Lipinski definition) is 2. The van der Waals surface area contributed by atoms with Crippen molar-refractivity contribution in [1.82, 2.24) is 0 Å². The summed E-state index contributed by atoms with van der Waals surface area (Å²) in [6.45, 7) is 1.87. The van der Waals surface area contributed by atoms with Crippen LogP contribution < -0.4 is 5.32 Å². The van der Waals surface area contributed by atoms with Gasteiger partial charge in [0.25, 0.3) is 0 Å². The second-order valence-electron chi connectivity index (χ2n) is 4.39. The van der Waals surface area contributed by atoms with Gasteiger partial charge < -0.3 is 5.32 Å². The highest BCUT2D eigenvalue weighted by atomic mass is 32.2. The van der Waals surface area contributed by atoms with Crippen molar-refractivity contribution >= 4 is 17.4 Å². The average Bonchev–Trinajstić information content (AvgIpc) is 2.44. The molecule has 106 valence electrons. The molecule has 0 aliphatic carbocycles. The van der Waals surface area contributed by atoms with Crippen LogP contribution in [0.1, 0.15) is 18.5 Å². The molecule has 0 saturated heterocycles. The molecule has 0 saturated carbocycles. The molecule has 1 atom stereocenters. The van der Waals surface area contributed by atoms with Gasteiger partial charge in [-0.15, -0.1) is 11.8 Å². The van der Waals surface area contributed by atoms with Crippen LogP contribution in [0.3, 0.4) is 0 Å². The molecule has 0 aliphatic heterocycles. The largest absolute Gasteiger partial charge is 0.378 e. The van der Waals surface area contributed by atoms with E-state index in [0.717, 1.165) is 22.6 Å². The summed E-state index contributed by atoms with van der Waals surface area (Å²) in [6, 6.07) is 9.60. The van der Waals surface area contributed by atoms with E-state index in [1.54, 1.807) is 11.8 Å². The normalized spacial score (nSPS) is 12.2. The van der Waals surface area contributed by atoms with Crippen molar-refractivity contribution in [3.05, 3.63) is 59.4 Å². The van der Waals surface area contributed by atoms with Crippen LogP contribution in [0.25, 0.3) is 0 Å². The molecule has 0 spiro atoms. The van der Waals surface area contributed by atoms with E-state index in [-0.39, 0.29) is 11.7 Å². The van der Waals surface area contributed by atoms with Gasteiger partial charge in [0.2, 0.25) is 0 Å². The predicted octanol–water partition coefficient (Wildman–Crippen LogP) is 5.00. The Hall–Kier alpha value is -1.62. The summed E-state index contributed by atoms with van der Waals surface area (Å²) in [6.07, 6.45) is 1.99. The lowest BCUT2D eigenvalue weighted by molar-refractivity contribution is 0.447. The van der Waals surface area contributed by atoms with E-state index < -0.39 is 17.5 Å². The standard InChI is InChI=1S/C15H14F3NS/c1-9(10-3-5-12(20-2)6-4-10)19-11-7-13(16)15(18)14(17)8-11/h3-9,19H,1-2H3. The smallest absolute Gasteiger partial charge is 0.194 e. The van der Waals surface area contributed by atoms with Gasteiger partial charge in [0.05, 0.1) is 0 Å². The minimum Gasteiger partial charge on any atom is -0.378 e. The SMILES string of the molecule is CSc1ccc(C(C)Nc2cc(F)c(F)c(F)c2)cc1. The number of rotatable bonds is 4. The van der Waals surface area contributed by atoms with Crippen LogP contribution in [0, 0.1) is 17.5 Å². The molecule has 0 aromatic heterocycles. The summed E-state index contributed by atoms with van der Waals surface area (Å²) in [7, 11) is 0. The number of nitrogens with one attached hydrogen (secondary N) is 1. The first-order valence-corrected chi connectivity index (χ1v) is 7.28. The Kier molecular flexibility index (Phi) is 4.60. The van der Waals surface area contributed by atoms with Gasteiger partial charge in [-0.25, -0.2) is 13.2 Å². The molecule has 0 fully saturated rings. The third-order valence-electron chi connectivity index (χ3n) is 2.98. The minimum absolute atomic E-state index is 0.143. The number of halogens is 3. The van der Waals surface area contributed by atoms with Gasteiger partial charge in [0.1, 0.15) is 0 Å². The van der Waals surface area contributed by atoms with Crippen LogP contribution in [0.5, 0.6) is 0 Å². The highest BCUT2D eigenvalue weighted by Gasteiger charge is 2.12. The van der Waals surface area contributed by atoms with E-state index in [9.17, 15) is 13.2 Å². The van der Waals surface area contributed by atoms with Gasteiger partial charge in [-0.3, -0.25) is 0 Å². The predicted molar refractivity (Wildman–Crippen MR) is 76.6 cm³/mol. The maximum absolute atomic E-state index is 13.1. The zero-order valence-electron chi connectivity index (χ0n) is 11.1. The van der Waals surface area contributed by atoms with Gasteiger partial charge in [-0.2, -0.15) is 0 Å². The fourth-order valence-electron chi connectivity index (χ4n) is 1.86. The van der Waals surface area contributed by atoms with Gasteiger partial charge >= 0.3 is 0 Å². The first-order chi connectivity index (χ1) is 9.51. The summed E-state index contributed by atoms with van der Waals surface area (Å²) in [4.78, 5) is 1.14. The molecule has 0 radical (unpaired) electrons.